The summed E-state index contributed by atoms with van der Waals surface area (Å²) in [6.07, 6.45) is 1.14. The van der Waals surface area contributed by atoms with Gasteiger partial charge in [0.05, 0.1) is 6.54 Å². The number of amides is 1. The maximum atomic E-state index is 12.1. The first-order valence-corrected chi connectivity index (χ1v) is 7.27. The number of thiophene rings is 1. The second kappa shape index (κ2) is 6.31. The van der Waals surface area contributed by atoms with Crippen LogP contribution in [0.25, 0.3) is 0 Å². The summed E-state index contributed by atoms with van der Waals surface area (Å²) in [6, 6.07) is 2.57. The quantitative estimate of drug-likeness (QED) is 0.864. The highest BCUT2D eigenvalue weighted by atomic mass is 32.1. The highest BCUT2D eigenvalue weighted by molar-refractivity contribution is 7.07. The van der Waals surface area contributed by atoms with E-state index in [4.69, 9.17) is 0 Å². The van der Waals surface area contributed by atoms with Gasteiger partial charge < -0.3 is 10.2 Å². The molecule has 0 radical (unpaired) electrons. The molecule has 0 aromatic carbocycles. The highest BCUT2D eigenvalue weighted by Gasteiger charge is 2.22. The van der Waals surface area contributed by atoms with E-state index in [1.54, 1.807) is 16.2 Å². The Morgan fingerprint density at radius 3 is 3.00 bits per heavy atom. The zero-order chi connectivity index (χ0) is 13.0. The summed E-state index contributed by atoms with van der Waals surface area (Å²) < 4.78 is 0. The molecule has 0 spiro atoms. The van der Waals surface area contributed by atoms with Gasteiger partial charge in [-0.25, -0.2) is 0 Å². The number of hydrogen-bond acceptors (Lipinski definition) is 4. The lowest BCUT2D eigenvalue weighted by Crippen LogP contribution is -2.41. The Morgan fingerprint density at radius 1 is 1.56 bits per heavy atom. The minimum absolute atomic E-state index is 0.190. The number of likely N-dealkylation sites (N-methyl/N-ethyl adjacent to an activating group) is 2. The molecule has 1 fully saturated rings. The maximum Gasteiger partial charge on any atom is 0.236 e. The van der Waals surface area contributed by atoms with Gasteiger partial charge in [-0.15, -0.1) is 0 Å². The molecule has 1 aromatic heterocycles. The molecule has 1 N–H and O–H groups in total. The first kappa shape index (κ1) is 13.5. The van der Waals surface area contributed by atoms with E-state index in [-0.39, 0.29) is 5.91 Å². The van der Waals surface area contributed by atoms with Gasteiger partial charge in [0, 0.05) is 26.2 Å². The van der Waals surface area contributed by atoms with Crippen LogP contribution in [-0.2, 0) is 11.3 Å². The van der Waals surface area contributed by atoms with Crippen molar-refractivity contribution in [2.45, 2.75) is 19.0 Å². The van der Waals surface area contributed by atoms with Gasteiger partial charge in [-0.05, 0) is 42.4 Å². The Labute approximate surface area is 113 Å². The molecule has 1 aromatic rings. The molecular weight excluding hydrogens is 246 g/mol. The van der Waals surface area contributed by atoms with Crippen LogP contribution in [0.5, 0.6) is 0 Å². The smallest absolute Gasteiger partial charge is 0.236 e. The Bertz CT molecular complexity index is 374. The number of rotatable bonds is 5. The summed E-state index contributed by atoms with van der Waals surface area (Å²) in [6.45, 7) is 3.28. The van der Waals surface area contributed by atoms with Crippen LogP contribution in [0.3, 0.4) is 0 Å². The molecular formula is C13H21N3OS. The SMILES string of the molecule is CN(Cc1ccsc1)C(=O)CN(C)C1CCNC1. The zero-order valence-electron chi connectivity index (χ0n) is 11.1. The van der Waals surface area contributed by atoms with Crippen molar-refractivity contribution in [1.29, 1.82) is 0 Å². The van der Waals surface area contributed by atoms with E-state index in [0.717, 1.165) is 19.5 Å². The van der Waals surface area contributed by atoms with Gasteiger partial charge in [0.15, 0.2) is 0 Å². The van der Waals surface area contributed by atoms with Crippen molar-refractivity contribution in [3.63, 3.8) is 0 Å². The Balaban J connectivity index is 1.79. The van der Waals surface area contributed by atoms with Crippen LogP contribution in [0.1, 0.15) is 12.0 Å². The molecule has 1 unspecified atom stereocenters. The van der Waals surface area contributed by atoms with Crippen LogP contribution < -0.4 is 5.32 Å². The van der Waals surface area contributed by atoms with E-state index in [1.165, 1.54) is 5.56 Å². The van der Waals surface area contributed by atoms with Gasteiger partial charge >= 0.3 is 0 Å². The van der Waals surface area contributed by atoms with Gasteiger partial charge in [-0.1, -0.05) is 0 Å². The lowest BCUT2D eigenvalue weighted by molar-refractivity contribution is -0.131. The Morgan fingerprint density at radius 2 is 2.39 bits per heavy atom. The fourth-order valence-corrected chi connectivity index (χ4v) is 2.88. The summed E-state index contributed by atoms with van der Waals surface area (Å²) in [5.74, 6) is 0.190. The molecule has 18 heavy (non-hydrogen) atoms. The van der Waals surface area contributed by atoms with Gasteiger partial charge in [-0.3, -0.25) is 9.69 Å². The van der Waals surface area contributed by atoms with Gasteiger partial charge in [-0.2, -0.15) is 11.3 Å². The van der Waals surface area contributed by atoms with E-state index in [1.807, 2.05) is 19.5 Å². The van der Waals surface area contributed by atoms with Crippen molar-refractivity contribution in [2.75, 3.05) is 33.7 Å². The second-order valence-electron chi connectivity index (χ2n) is 4.94. The first-order valence-electron chi connectivity index (χ1n) is 6.33. The van der Waals surface area contributed by atoms with Crippen LogP contribution in [-0.4, -0.2) is 55.5 Å². The maximum absolute atomic E-state index is 12.1. The summed E-state index contributed by atoms with van der Waals surface area (Å²) >= 11 is 1.67. The molecule has 1 atom stereocenters. The summed E-state index contributed by atoms with van der Waals surface area (Å²) in [4.78, 5) is 16.1. The van der Waals surface area contributed by atoms with Gasteiger partial charge in [0.25, 0.3) is 0 Å². The van der Waals surface area contributed by atoms with Gasteiger partial charge in [0.2, 0.25) is 5.91 Å². The molecule has 4 nitrogen and oxygen atoms in total. The van der Waals surface area contributed by atoms with E-state index in [2.05, 4.69) is 21.7 Å². The summed E-state index contributed by atoms with van der Waals surface area (Å²) in [5.41, 5.74) is 1.21. The predicted molar refractivity (Wildman–Crippen MR) is 74.7 cm³/mol. The van der Waals surface area contributed by atoms with Crippen molar-refractivity contribution in [3.05, 3.63) is 22.4 Å². The zero-order valence-corrected chi connectivity index (χ0v) is 11.9. The highest BCUT2D eigenvalue weighted by Crippen LogP contribution is 2.10. The van der Waals surface area contributed by atoms with Crippen LogP contribution in [0.4, 0.5) is 0 Å². The van der Waals surface area contributed by atoms with Crippen molar-refractivity contribution in [1.82, 2.24) is 15.1 Å². The average Bonchev–Trinajstić information content (AvgIpc) is 3.01. The Kier molecular flexibility index (Phi) is 4.74. The largest absolute Gasteiger partial charge is 0.340 e. The fourth-order valence-electron chi connectivity index (χ4n) is 2.22. The third kappa shape index (κ3) is 3.54. The number of hydrogen-bond donors (Lipinski definition) is 1. The molecule has 1 aliphatic rings. The van der Waals surface area contributed by atoms with Crippen molar-refractivity contribution >= 4 is 17.2 Å². The van der Waals surface area contributed by atoms with Crippen molar-refractivity contribution in [2.24, 2.45) is 0 Å². The molecule has 1 amide bonds. The van der Waals surface area contributed by atoms with Crippen LogP contribution in [0.2, 0.25) is 0 Å². The Hall–Kier alpha value is -0.910. The molecule has 2 heterocycles. The standard InChI is InChI=1S/C13H21N3OS/c1-15(12-3-5-14-7-12)9-13(17)16(2)8-11-4-6-18-10-11/h4,6,10,12,14H,3,5,7-9H2,1-2H3. The van der Waals surface area contributed by atoms with Crippen LogP contribution >= 0.6 is 11.3 Å². The number of carbonyl (C=O) groups excluding carboxylic acids is 1. The lowest BCUT2D eigenvalue weighted by Gasteiger charge is -2.25. The number of nitrogens with one attached hydrogen (secondary N) is 1. The fraction of sp³-hybridized carbons (Fsp3) is 0.615. The van der Waals surface area contributed by atoms with E-state index >= 15 is 0 Å². The van der Waals surface area contributed by atoms with Crippen molar-refractivity contribution < 1.29 is 4.79 Å². The summed E-state index contributed by atoms with van der Waals surface area (Å²) in [5, 5.41) is 7.46. The molecule has 0 saturated carbocycles. The topological polar surface area (TPSA) is 35.6 Å². The number of nitrogens with zero attached hydrogens (tertiary/aromatic N) is 2. The number of carbonyl (C=O) groups is 1. The molecule has 100 valence electrons. The van der Waals surface area contributed by atoms with Crippen LogP contribution in [0, 0.1) is 0 Å². The third-order valence-electron chi connectivity index (χ3n) is 3.47. The van der Waals surface area contributed by atoms with Crippen molar-refractivity contribution in [3.8, 4) is 0 Å². The van der Waals surface area contributed by atoms with E-state index < -0.39 is 0 Å². The first-order chi connectivity index (χ1) is 8.66. The average molecular weight is 267 g/mol. The normalized spacial score (nSPS) is 19.4. The molecule has 0 aliphatic carbocycles. The monoisotopic (exact) mass is 267 g/mol. The third-order valence-corrected chi connectivity index (χ3v) is 4.20. The van der Waals surface area contributed by atoms with E-state index in [0.29, 0.717) is 19.1 Å². The minimum atomic E-state index is 0.190. The predicted octanol–water partition coefficient (Wildman–Crippen LogP) is 1.00. The second-order valence-corrected chi connectivity index (χ2v) is 5.72. The van der Waals surface area contributed by atoms with Crippen LogP contribution in [0.15, 0.2) is 16.8 Å². The molecule has 0 bridgehead atoms. The molecule has 2 rings (SSSR count). The minimum Gasteiger partial charge on any atom is -0.340 e. The molecule has 1 saturated heterocycles. The molecule has 1 aliphatic heterocycles. The van der Waals surface area contributed by atoms with E-state index in [9.17, 15) is 4.79 Å². The molecule has 5 heteroatoms. The summed E-state index contributed by atoms with van der Waals surface area (Å²) in [7, 11) is 3.91. The van der Waals surface area contributed by atoms with Gasteiger partial charge in [0.1, 0.15) is 0 Å². The lowest BCUT2D eigenvalue weighted by atomic mass is 10.2.